The highest BCUT2D eigenvalue weighted by molar-refractivity contribution is 5.92. The molecule has 5 N–H and O–H groups in total. The first-order valence-electron chi connectivity index (χ1n) is 9.76. The van der Waals surface area contributed by atoms with Crippen molar-refractivity contribution in [2.45, 2.75) is 50.5 Å². The molecule has 156 valence electrons. The fraction of sp³-hybridized carbons (Fsp3) is 0.550. The summed E-state index contributed by atoms with van der Waals surface area (Å²) in [6, 6.07) is 4.74. The van der Waals surface area contributed by atoms with Crippen molar-refractivity contribution < 1.29 is 19.5 Å². The summed E-state index contributed by atoms with van der Waals surface area (Å²) in [5.74, 6) is -1.50. The van der Waals surface area contributed by atoms with Crippen molar-refractivity contribution in [3.8, 4) is 6.07 Å². The van der Waals surface area contributed by atoms with Gasteiger partial charge in [-0.05, 0) is 43.7 Å². The standard InChI is InChI=1S/C13H22N2O3.C7H5N3O/c14-9-11(16)15-8-4-7-13(15,12(17)18)10-5-2-1-3-6-10;8-3-6-2-1-5(4-10-6)7(9)11/h10H,1-9,14H2,(H,17,18);1-2,4H,(H2,9,11)/t13-;/m1./s1. The summed E-state index contributed by atoms with van der Waals surface area (Å²) in [5, 5.41) is 18.0. The van der Waals surface area contributed by atoms with Crippen LogP contribution in [0.25, 0.3) is 0 Å². The maximum absolute atomic E-state index is 11.9. The van der Waals surface area contributed by atoms with Gasteiger partial charge in [0.2, 0.25) is 11.8 Å². The number of nitrogens with two attached hydrogens (primary N) is 2. The van der Waals surface area contributed by atoms with Crippen molar-refractivity contribution in [1.29, 1.82) is 5.26 Å². The highest BCUT2D eigenvalue weighted by Crippen LogP contribution is 2.43. The van der Waals surface area contributed by atoms with Crippen LogP contribution < -0.4 is 11.5 Å². The van der Waals surface area contributed by atoms with Crippen LogP contribution in [0.5, 0.6) is 0 Å². The minimum absolute atomic E-state index is 0.0955. The van der Waals surface area contributed by atoms with Gasteiger partial charge in [-0.2, -0.15) is 5.26 Å². The summed E-state index contributed by atoms with van der Waals surface area (Å²) in [7, 11) is 0. The van der Waals surface area contributed by atoms with Crippen LogP contribution in [0.4, 0.5) is 0 Å². The summed E-state index contributed by atoms with van der Waals surface area (Å²) in [4.78, 5) is 39.4. The summed E-state index contributed by atoms with van der Waals surface area (Å²) >= 11 is 0. The predicted octanol–water partition coefficient (Wildman–Crippen LogP) is 1.02. The highest BCUT2D eigenvalue weighted by Gasteiger charge is 2.54. The van der Waals surface area contributed by atoms with E-state index >= 15 is 0 Å². The molecular formula is C20H27N5O4. The van der Waals surface area contributed by atoms with Crippen molar-refractivity contribution in [3.63, 3.8) is 0 Å². The third-order valence-corrected chi connectivity index (χ3v) is 5.71. The fourth-order valence-corrected chi connectivity index (χ4v) is 4.31. The molecule has 1 saturated carbocycles. The number of rotatable bonds is 4. The molecule has 1 aliphatic carbocycles. The van der Waals surface area contributed by atoms with Crippen LogP contribution in [0.1, 0.15) is 61.0 Å². The molecule has 2 fully saturated rings. The molecule has 0 bridgehead atoms. The van der Waals surface area contributed by atoms with Crippen LogP contribution >= 0.6 is 0 Å². The van der Waals surface area contributed by atoms with Crippen LogP contribution in [0.3, 0.4) is 0 Å². The number of pyridine rings is 1. The largest absolute Gasteiger partial charge is 0.479 e. The van der Waals surface area contributed by atoms with Crippen LogP contribution in [0, 0.1) is 17.2 Å². The van der Waals surface area contributed by atoms with E-state index in [1.165, 1.54) is 24.8 Å². The zero-order valence-electron chi connectivity index (χ0n) is 16.3. The van der Waals surface area contributed by atoms with Crippen molar-refractivity contribution in [1.82, 2.24) is 9.88 Å². The van der Waals surface area contributed by atoms with Crippen LogP contribution in [0.2, 0.25) is 0 Å². The lowest BCUT2D eigenvalue weighted by Crippen LogP contribution is -2.59. The minimum atomic E-state index is -0.975. The second-order valence-corrected chi connectivity index (χ2v) is 7.33. The lowest BCUT2D eigenvalue weighted by Gasteiger charge is -2.42. The third kappa shape index (κ3) is 4.90. The van der Waals surface area contributed by atoms with Gasteiger partial charge in [0, 0.05) is 12.7 Å². The van der Waals surface area contributed by atoms with Crippen LogP contribution in [-0.2, 0) is 9.59 Å². The molecule has 3 rings (SSSR count). The average molecular weight is 401 g/mol. The Bertz CT molecular complexity index is 783. The number of nitrogens with zero attached hydrogens (tertiary/aromatic N) is 3. The summed E-state index contributed by atoms with van der Waals surface area (Å²) in [6.45, 7) is 0.445. The zero-order valence-corrected chi connectivity index (χ0v) is 16.3. The molecule has 1 aromatic heterocycles. The molecule has 1 saturated heterocycles. The lowest BCUT2D eigenvalue weighted by atomic mass is 9.73. The SMILES string of the molecule is N#Cc1ccc(C(N)=O)cn1.NCC(=O)N1CCC[C@]1(C(=O)O)C1CCCCC1. The highest BCUT2D eigenvalue weighted by atomic mass is 16.4. The Morgan fingerprint density at radius 2 is 1.93 bits per heavy atom. The van der Waals surface area contributed by atoms with Gasteiger partial charge < -0.3 is 21.5 Å². The number of hydrogen-bond donors (Lipinski definition) is 3. The van der Waals surface area contributed by atoms with Gasteiger partial charge in [0.15, 0.2) is 0 Å². The number of carbonyl (C=O) groups excluding carboxylic acids is 2. The normalized spacial score (nSPS) is 21.6. The van der Waals surface area contributed by atoms with E-state index in [1.54, 1.807) is 4.90 Å². The quantitative estimate of drug-likeness (QED) is 0.678. The second kappa shape index (κ2) is 9.98. The van der Waals surface area contributed by atoms with Gasteiger partial charge in [-0.3, -0.25) is 9.59 Å². The van der Waals surface area contributed by atoms with Crippen molar-refractivity contribution in [2.75, 3.05) is 13.1 Å². The number of carbonyl (C=O) groups is 3. The van der Waals surface area contributed by atoms with Crippen LogP contribution in [0.15, 0.2) is 18.3 Å². The monoisotopic (exact) mass is 401 g/mol. The molecule has 9 heteroatoms. The summed E-state index contributed by atoms with van der Waals surface area (Å²) < 4.78 is 0. The van der Waals surface area contributed by atoms with Gasteiger partial charge in [0.05, 0.1) is 12.1 Å². The molecule has 0 unspecified atom stereocenters. The number of primary amides is 1. The summed E-state index contributed by atoms with van der Waals surface area (Å²) in [5.41, 5.74) is 9.97. The Hall–Kier alpha value is -2.99. The van der Waals surface area contributed by atoms with Crippen molar-refractivity contribution >= 4 is 17.8 Å². The van der Waals surface area contributed by atoms with E-state index in [2.05, 4.69) is 4.98 Å². The van der Waals surface area contributed by atoms with Gasteiger partial charge in [0.25, 0.3) is 0 Å². The Morgan fingerprint density at radius 1 is 1.24 bits per heavy atom. The number of carboxylic acid groups (broad SMARTS) is 1. The molecule has 2 amide bonds. The van der Waals surface area contributed by atoms with E-state index in [0.29, 0.717) is 18.5 Å². The Kier molecular flexibility index (Phi) is 7.67. The smallest absolute Gasteiger partial charge is 0.329 e. The molecule has 1 aromatic rings. The number of amides is 2. The molecule has 9 nitrogen and oxygen atoms in total. The van der Waals surface area contributed by atoms with E-state index < -0.39 is 17.4 Å². The molecule has 29 heavy (non-hydrogen) atoms. The molecule has 0 radical (unpaired) electrons. The zero-order chi connectivity index (χ0) is 21.4. The molecule has 1 aliphatic heterocycles. The average Bonchev–Trinajstić information content (AvgIpc) is 3.20. The number of aliphatic carboxylic acids is 1. The van der Waals surface area contributed by atoms with Crippen molar-refractivity contribution in [3.05, 3.63) is 29.6 Å². The first-order valence-corrected chi connectivity index (χ1v) is 9.76. The Balaban J connectivity index is 0.000000234. The maximum atomic E-state index is 11.9. The van der Waals surface area contributed by atoms with Gasteiger partial charge in [-0.1, -0.05) is 19.3 Å². The minimum Gasteiger partial charge on any atom is -0.479 e. The topological polar surface area (TPSA) is 163 Å². The van der Waals surface area contributed by atoms with E-state index in [4.69, 9.17) is 16.7 Å². The van der Waals surface area contributed by atoms with Crippen LogP contribution in [-0.4, -0.2) is 51.4 Å². The van der Waals surface area contributed by atoms with Crippen molar-refractivity contribution in [2.24, 2.45) is 17.4 Å². The summed E-state index contributed by atoms with van der Waals surface area (Å²) in [6.07, 6.45) is 7.79. The molecule has 0 aromatic carbocycles. The van der Waals surface area contributed by atoms with E-state index in [1.807, 2.05) is 6.07 Å². The van der Waals surface area contributed by atoms with Gasteiger partial charge in [-0.25, -0.2) is 9.78 Å². The number of hydrogen-bond acceptors (Lipinski definition) is 6. The van der Waals surface area contributed by atoms with E-state index in [-0.39, 0.29) is 24.1 Å². The van der Waals surface area contributed by atoms with Gasteiger partial charge in [0.1, 0.15) is 17.3 Å². The van der Waals surface area contributed by atoms with Gasteiger partial charge >= 0.3 is 5.97 Å². The fourth-order valence-electron chi connectivity index (χ4n) is 4.31. The second-order valence-electron chi connectivity index (χ2n) is 7.33. The maximum Gasteiger partial charge on any atom is 0.329 e. The Labute approximate surface area is 169 Å². The lowest BCUT2D eigenvalue weighted by molar-refractivity contribution is -0.161. The van der Waals surface area contributed by atoms with E-state index in [9.17, 15) is 19.5 Å². The first-order chi connectivity index (χ1) is 13.9. The predicted molar refractivity (Wildman–Crippen MR) is 104 cm³/mol. The number of likely N-dealkylation sites (tertiary alicyclic amines) is 1. The van der Waals surface area contributed by atoms with Gasteiger partial charge in [-0.15, -0.1) is 0 Å². The Morgan fingerprint density at radius 3 is 2.41 bits per heavy atom. The van der Waals surface area contributed by atoms with E-state index in [0.717, 1.165) is 32.1 Å². The molecule has 0 spiro atoms. The number of carboxylic acids is 1. The first kappa shape index (κ1) is 22.3. The number of nitriles is 1. The third-order valence-electron chi connectivity index (χ3n) is 5.71. The molecular weight excluding hydrogens is 374 g/mol. The molecule has 2 aliphatic rings. The molecule has 1 atom stereocenters. The number of aromatic nitrogens is 1. The molecule has 2 heterocycles.